The number of aromatic amines is 1. The Bertz CT molecular complexity index is 1230. The lowest BCUT2D eigenvalue weighted by atomic mass is 9.98. The fourth-order valence-electron chi connectivity index (χ4n) is 3.04. The van der Waals surface area contributed by atoms with Crippen molar-refractivity contribution in [2.75, 3.05) is 5.32 Å². The van der Waals surface area contributed by atoms with E-state index in [1.165, 1.54) is 6.20 Å². The molecule has 136 valence electrons. The van der Waals surface area contributed by atoms with Crippen LogP contribution in [0.3, 0.4) is 0 Å². The summed E-state index contributed by atoms with van der Waals surface area (Å²) in [7, 11) is 0. The number of nitrogens with one attached hydrogen (secondary N) is 2. The Morgan fingerprint density at radius 3 is 2.93 bits per heavy atom. The van der Waals surface area contributed by atoms with Gasteiger partial charge in [-0.15, -0.1) is 0 Å². The van der Waals surface area contributed by atoms with Gasteiger partial charge in [0.05, 0.1) is 34.8 Å². The van der Waals surface area contributed by atoms with E-state index in [4.69, 9.17) is 11.6 Å². The minimum atomic E-state index is -0.533. The highest BCUT2D eigenvalue weighted by atomic mass is 35.5. The summed E-state index contributed by atoms with van der Waals surface area (Å²) in [6.07, 6.45) is 8.78. The van der Waals surface area contributed by atoms with Gasteiger partial charge in [-0.1, -0.05) is 17.7 Å². The van der Waals surface area contributed by atoms with E-state index in [-0.39, 0.29) is 5.02 Å². The summed E-state index contributed by atoms with van der Waals surface area (Å²) >= 11 is 6.41. The molecule has 2 N–H and O–H groups in total. The molecule has 27 heavy (non-hydrogen) atoms. The highest BCUT2D eigenvalue weighted by Crippen LogP contribution is 2.40. The zero-order chi connectivity index (χ0) is 19.1. The summed E-state index contributed by atoms with van der Waals surface area (Å²) in [5, 5.41) is 10.0. The monoisotopic (exact) mass is 384 g/mol. The van der Waals surface area contributed by atoms with Gasteiger partial charge in [-0.2, -0.15) is 5.10 Å². The van der Waals surface area contributed by atoms with Gasteiger partial charge < -0.3 is 9.72 Å². The number of aromatic nitrogens is 5. The molecule has 0 spiro atoms. The number of hydrogen-bond donors (Lipinski definition) is 2. The molecule has 3 aromatic heterocycles. The van der Waals surface area contributed by atoms with E-state index in [0.717, 1.165) is 5.57 Å². The summed E-state index contributed by atoms with van der Waals surface area (Å²) in [6, 6.07) is 0. The second-order valence-corrected chi connectivity index (χ2v) is 6.31. The van der Waals surface area contributed by atoms with Crippen molar-refractivity contribution in [3.05, 3.63) is 47.3 Å². The van der Waals surface area contributed by atoms with Gasteiger partial charge in [-0.25, -0.2) is 9.37 Å². The van der Waals surface area contributed by atoms with Crippen LogP contribution in [0.5, 0.6) is 0 Å². The fourth-order valence-corrected chi connectivity index (χ4v) is 3.33. The first-order valence-corrected chi connectivity index (χ1v) is 8.45. The Labute approximate surface area is 157 Å². The average Bonchev–Trinajstić information content (AvgIpc) is 3.28. The van der Waals surface area contributed by atoms with E-state index >= 15 is 4.39 Å². The van der Waals surface area contributed by atoms with Gasteiger partial charge in [0, 0.05) is 22.7 Å². The lowest BCUT2D eigenvalue weighted by Gasteiger charge is -2.12. The minimum absolute atomic E-state index is 0.0293. The molecular formula is C18H14ClFN6O. The normalized spacial score (nSPS) is 12.1. The number of fused-ring (bicyclic) bond motifs is 2. The summed E-state index contributed by atoms with van der Waals surface area (Å²) < 4.78 is 16.8. The lowest BCUT2D eigenvalue weighted by molar-refractivity contribution is -0.105. The largest absolute Gasteiger partial charge is 0.312 e. The minimum Gasteiger partial charge on any atom is -0.312 e. The number of carbonyl (C=O) groups is 1. The Morgan fingerprint density at radius 2 is 2.19 bits per heavy atom. The van der Waals surface area contributed by atoms with Crippen LogP contribution in [0.2, 0.25) is 5.02 Å². The molecule has 0 fully saturated rings. The maximum absolute atomic E-state index is 15.1. The molecule has 1 aromatic carbocycles. The van der Waals surface area contributed by atoms with Crippen LogP contribution in [0.15, 0.2) is 30.9 Å². The van der Waals surface area contributed by atoms with Crippen molar-refractivity contribution < 1.29 is 9.18 Å². The molecule has 0 aliphatic carbocycles. The van der Waals surface area contributed by atoms with Gasteiger partial charge in [0.15, 0.2) is 17.3 Å². The van der Waals surface area contributed by atoms with Gasteiger partial charge in [0.25, 0.3) is 0 Å². The zero-order valence-electron chi connectivity index (χ0n) is 14.4. The standard InChI is InChI=1S/C18H14ClFN6O/c1-3-9(2)14-17(20)16(19)15(10-4-23-25-18(10)14)11-6-26-7-12(22-8-27)24-13(26)5-21-11/h3-8H,1-2H3,(H,22,27)(H,23,25)/b9-3+. The van der Waals surface area contributed by atoms with E-state index in [2.05, 4.69) is 25.5 Å². The number of anilines is 1. The van der Waals surface area contributed by atoms with E-state index in [1.807, 2.05) is 19.9 Å². The number of benzene rings is 1. The van der Waals surface area contributed by atoms with Gasteiger partial charge in [0.1, 0.15) is 0 Å². The first-order valence-electron chi connectivity index (χ1n) is 8.07. The molecule has 1 amide bonds. The molecule has 0 saturated heterocycles. The SMILES string of the molecule is C/C=C(\C)c1c(F)c(Cl)c(-c2cn3cc(NC=O)nc3cn2)c2cn[nH]c12. The number of halogens is 2. The van der Waals surface area contributed by atoms with Crippen LogP contribution in [0, 0.1) is 5.82 Å². The van der Waals surface area contributed by atoms with Crippen LogP contribution in [0.1, 0.15) is 19.4 Å². The Balaban J connectivity index is 1.99. The summed E-state index contributed by atoms with van der Waals surface area (Å²) in [5.74, 6) is -0.149. The maximum atomic E-state index is 15.1. The molecule has 0 unspecified atom stereocenters. The first-order chi connectivity index (χ1) is 13.0. The van der Waals surface area contributed by atoms with Crippen LogP contribution < -0.4 is 5.32 Å². The van der Waals surface area contributed by atoms with Crippen LogP contribution in [-0.2, 0) is 4.79 Å². The van der Waals surface area contributed by atoms with Crippen LogP contribution in [-0.4, -0.2) is 31.0 Å². The van der Waals surface area contributed by atoms with Crippen molar-refractivity contribution in [2.45, 2.75) is 13.8 Å². The number of imidazole rings is 1. The van der Waals surface area contributed by atoms with Crippen LogP contribution >= 0.6 is 11.6 Å². The Hall–Kier alpha value is -3.26. The van der Waals surface area contributed by atoms with Gasteiger partial charge >= 0.3 is 0 Å². The fraction of sp³-hybridized carbons (Fsp3) is 0.111. The molecule has 0 aliphatic heterocycles. The quantitative estimate of drug-likeness (QED) is 0.519. The van der Waals surface area contributed by atoms with Crippen molar-refractivity contribution in [3.8, 4) is 11.3 Å². The van der Waals surface area contributed by atoms with Gasteiger partial charge in [-0.05, 0) is 19.4 Å². The second kappa shape index (κ2) is 6.48. The van der Waals surface area contributed by atoms with E-state index < -0.39 is 5.82 Å². The number of allylic oxidation sites excluding steroid dienone is 2. The van der Waals surface area contributed by atoms with Gasteiger partial charge in [0.2, 0.25) is 6.41 Å². The number of H-pyrrole nitrogens is 1. The average molecular weight is 385 g/mol. The summed E-state index contributed by atoms with van der Waals surface area (Å²) in [6.45, 7) is 3.64. The molecular weight excluding hydrogens is 371 g/mol. The predicted molar refractivity (Wildman–Crippen MR) is 102 cm³/mol. The molecule has 3 heterocycles. The topological polar surface area (TPSA) is 88.0 Å². The summed E-state index contributed by atoms with van der Waals surface area (Å²) in [5.41, 5.74) is 3.11. The number of rotatable bonds is 4. The first kappa shape index (κ1) is 17.2. The maximum Gasteiger partial charge on any atom is 0.212 e. The van der Waals surface area contributed by atoms with Crippen molar-refractivity contribution in [3.63, 3.8) is 0 Å². The molecule has 4 rings (SSSR count). The van der Waals surface area contributed by atoms with Crippen molar-refractivity contribution in [2.24, 2.45) is 0 Å². The van der Waals surface area contributed by atoms with E-state index in [9.17, 15) is 4.79 Å². The predicted octanol–water partition coefficient (Wildman–Crippen LogP) is 4.06. The third-order valence-electron chi connectivity index (χ3n) is 4.42. The second-order valence-electron chi connectivity index (χ2n) is 5.93. The smallest absolute Gasteiger partial charge is 0.212 e. The number of amides is 1. The number of carbonyl (C=O) groups excluding carboxylic acids is 1. The third kappa shape index (κ3) is 2.65. The number of nitrogens with zero attached hydrogens (tertiary/aromatic N) is 4. The molecule has 0 atom stereocenters. The van der Waals surface area contributed by atoms with Crippen LogP contribution in [0.25, 0.3) is 33.4 Å². The highest BCUT2D eigenvalue weighted by molar-refractivity contribution is 6.35. The van der Waals surface area contributed by atoms with Gasteiger partial charge in [-0.3, -0.25) is 14.9 Å². The lowest BCUT2D eigenvalue weighted by Crippen LogP contribution is -1.97. The van der Waals surface area contributed by atoms with Crippen molar-refractivity contribution in [1.29, 1.82) is 0 Å². The molecule has 9 heteroatoms. The molecule has 4 aromatic rings. The van der Waals surface area contributed by atoms with E-state index in [1.54, 1.807) is 23.0 Å². The highest BCUT2D eigenvalue weighted by Gasteiger charge is 2.22. The Morgan fingerprint density at radius 1 is 1.37 bits per heavy atom. The molecule has 0 saturated carbocycles. The van der Waals surface area contributed by atoms with E-state index in [0.29, 0.717) is 45.6 Å². The third-order valence-corrected chi connectivity index (χ3v) is 4.78. The van der Waals surface area contributed by atoms with Crippen LogP contribution in [0.4, 0.5) is 10.2 Å². The molecule has 0 aliphatic rings. The Kier molecular flexibility index (Phi) is 4.12. The van der Waals surface area contributed by atoms with Crippen molar-refractivity contribution in [1.82, 2.24) is 24.6 Å². The zero-order valence-corrected chi connectivity index (χ0v) is 15.2. The number of hydrogen-bond acceptors (Lipinski definition) is 4. The summed E-state index contributed by atoms with van der Waals surface area (Å²) in [4.78, 5) is 19.2. The molecule has 7 nitrogen and oxygen atoms in total. The molecule has 0 bridgehead atoms. The van der Waals surface area contributed by atoms with Crippen molar-refractivity contribution >= 4 is 46.0 Å². The molecule has 0 radical (unpaired) electrons.